The highest BCUT2D eigenvalue weighted by molar-refractivity contribution is 8.37. The predicted octanol–water partition coefficient (Wildman–Crippen LogP) is 5.92. The van der Waals surface area contributed by atoms with E-state index in [9.17, 15) is 0 Å². The van der Waals surface area contributed by atoms with Gasteiger partial charge in [-0.05, 0) is 56.7 Å². The first-order valence-corrected chi connectivity index (χ1v) is 9.34. The molecule has 1 radical (unpaired) electrons. The van der Waals surface area contributed by atoms with E-state index in [2.05, 4.69) is 89.0 Å². The summed E-state index contributed by atoms with van der Waals surface area (Å²) in [6.07, 6.45) is 6.52. The van der Waals surface area contributed by atoms with E-state index in [1.807, 2.05) is 0 Å². The van der Waals surface area contributed by atoms with Gasteiger partial charge < -0.3 is 0 Å². The van der Waals surface area contributed by atoms with E-state index in [-0.39, 0.29) is 10.8 Å². The highest BCUT2D eigenvalue weighted by Gasteiger charge is 2.25. The van der Waals surface area contributed by atoms with Crippen LogP contribution < -0.4 is 0 Å². The van der Waals surface area contributed by atoms with Crippen LogP contribution in [0.3, 0.4) is 0 Å². The fraction of sp³-hybridized carbons (Fsp3) is 0.474. The third-order valence-corrected chi connectivity index (χ3v) is 6.43. The van der Waals surface area contributed by atoms with Gasteiger partial charge in [0, 0.05) is 5.41 Å². The van der Waals surface area contributed by atoms with E-state index in [0.29, 0.717) is 0 Å². The summed E-state index contributed by atoms with van der Waals surface area (Å²) < 4.78 is 0. The van der Waals surface area contributed by atoms with Gasteiger partial charge in [-0.1, -0.05) is 53.7 Å². The molecule has 0 saturated carbocycles. The van der Waals surface area contributed by atoms with Gasteiger partial charge in [0.2, 0.25) is 0 Å². The third-order valence-electron chi connectivity index (χ3n) is 3.89. The van der Waals surface area contributed by atoms with Gasteiger partial charge in [-0.2, -0.15) is 10.0 Å². The lowest BCUT2D eigenvalue weighted by molar-refractivity contribution is 0.565. The Balaban J connectivity index is 2.64. The summed E-state index contributed by atoms with van der Waals surface area (Å²) in [5.41, 5.74) is 3.21. The molecule has 1 aliphatic heterocycles. The molecule has 1 atom stereocenters. The summed E-state index contributed by atoms with van der Waals surface area (Å²) in [6, 6.07) is 7.16. The molecule has 2 rings (SSSR count). The molecule has 1 aromatic carbocycles. The van der Waals surface area contributed by atoms with Crippen molar-refractivity contribution in [3.8, 4) is 0 Å². The molecule has 1 heterocycles. The second-order valence-corrected chi connectivity index (χ2v) is 10.8. The number of rotatable bonds is 1. The van der Waals surface area contributed by atoms with Crippen molar-refractivity contribution in [2.45, 2.75) is 57.3 Å². The lowest BCUT2D eigenvalue weighted by Crippen LogP contribution is -2.17. The Bertz CT molecular complexity index is 518. The van der Waals surface area contributed by atoms with E-state index in [0.717, 1.165) is 0 Å². The van der Waals surface area contributed by atoms with E-state index in [1.54, 1.807) is 0 Å². The van der Waals surface area contributed by atoms with E-state index < -0.39 is 10.0 Å². The number of benzene rings is 1. The Kier molecular flexibility index (Phi) is 3.71. The Labute approximate surface area is 126 Å². The van der Waals surface area contributed by atoms with Crippen molar-refractivity contribution < 1.29 is 0 Å². The molecule has 20 heavy (non-hydrogen) atoms. The first kappa shape index (κ1) is 15.4. The SMILES string of the molecule is CC(C)(C)c1cc(C(C)(C)C)cc(S2(C)[C]=CC=C2)c1. The van der Waals surface area contributed by atoms with E-state index in [4.69, 9.17) is 0 Å². The molecule has 1 unspecified atom stereocenters. The Morgan fingerprint density at radius 3 is 1.70 bits per heavy atom. The van der Waals surface area contributed by atoms with Gasteiger partial charge >= 0.3 is 0 Å². The summed E-state index contributed by atoms with van der Waals surface area (Å²) in [5, 5.41) is 5.87. The van der Waals surface area contributed by atoms with Gasteiger partial charge in [0.25, 0.3) is 0 Å². The van der Waals surface area contributed by atoms with Gasteiger partial charge in [-0.15, -0.1) is 0 Å². The zero-order chi connectivity index (χ0) is 15.2. The lowest BCUT2D eigenvalue weighted by atomic mass is 9.81. The molecule has 0 aliphatic carbocycles. The molecule has 0 nitrogen and oxygen atoms in total. The van der Waals surface area contributed by atoms with Crippen molar-refractivity contribution in [3.05, 3.63) is 52.3 Å². The second-order valence-electron chi connectivity index (χ2n) is 7.84. The highest BCUT2D eigenvalue weighted by Crippen LogP contribution is 2.58. The van der Waals surface area contributed by atoms with Crippen molar-refractivity contribution >= 4 is 10.0 Å². The minimum absolute atomic E-state index is 0.178. The topological polar surface area (TPSA) is 0 Å². The summed E-state index contributed by atoms with van der Waals surface area (Å²) in [7, 11) is -1.03. The largest absolute Gasteiger partial charge is 0.169 e. The van der Waals surface area contributed by atoms with E-state index >= 15 is 0 Å². The molecule has 0 N–H and O–H groups in total. The van der Waals surface area contributed by atoms with Crippen molar-refractivity contribution in [1.29, 1.82) is 0 Å². The third kappa shape index (κ3) is 3.03. The van der Waals surface area contributed by atoms with Crippen molar-refractivity contribution in [2.24, 2.45) is 0 Å². The van der Waals surface area contributed by atoms with Crippen LogP contribution in [0.1, 0.15) is 52.7 Å². The molecule has 0 aromatic heterocycles. The van der Waals surface area contributed by atoms with Crippen molar-refractivity contribution in [1.82, 2.24) is 0 Å². The normalized spacial score (nSPS) is 19.4. The van der Waals surface area contributed by atoms with Crippen LogP contribution in [0.2, 0.25) is 0 Å². The Hall–Kier alpha value is -0.950. The average Bonchev–Trinajstić information content (AvgIpc) is 2.75. The highest BCUT2D eigenvalue weighted by atomic mass is 32.3. The predicted molar refractivity (Wildman–Crippen MR) is 92.6 cm³/mol. The maximum Gasteiger partial charge on any atom is 0.0102 e. The van der Waals surface area contributed by atoms with Crippen LogP contribution in [0.25, 0.3) is 0 Å². The van der Waals surface area contributed by atoms with Crippen LogP contribution in [-0.2, 0) is 10.8 Å². The van der Waals surface area contributed by atoms with Crippen LogP contribution in [-0.4, -0.2) is 6.26 Å². The molecule has 1 aromatic rings. The lowest BCUT2D eigenvalue weighted by Gasteiger charge is -2.32. The maximum atomic E-state index is 3.55. The van der Waals surface area contributed by atoms with Crippen LogP contribution >= 0.6 is 10.0 Å². The first-order valence-electron chi connectivity index (χ1n) is 7.24. The fourth-order valence-corrected chi connectivity index (χ4v) is 4.14. The van der Waals surface area contributed by atoms with Gasteiger partial charge in [-0.3, -0.25) is 0 Å². The smallest absolute Gasteiger partial charge is 0.0102 e. The molecular weight excluding hydrogens is 260 g/mol. The minimum atomic E-state index is -1.03. The zero-order valence-electron chi connectivity index (χ0n) is 13.9. The monoisotopic (exact) mass is 287 g/mol. The fourth-order valence-electron chi connectivity index (χ4n) is 2.27. The molecule has 0 fully saturated rings. The number of hydrogen-bond acceptors (Lipinski definition) is 0. The molecule has 0 saturated heterocycles. The van der Waals surface area contributed by atoms with Crippen LogP contribution in [0.5, 0.6) is 0 Å². The summed E-state index contributed by atoms with van der Waals surface area (Å²) in [5.74, 6) is 0. The number of allylic oxidation sites excluding steroid dienone is 2. The quantitative estimate of drug-likeness (QED) is 0.601. The van der Waals surface area contributed by atoms with E-state index in [1.165, 1.54) is 16.0 Å². The molecule has 0 spiro atoms. The molecule has 109 valence electrons. The average molecular weight is 287 g/mol. The van der Waals surface area contributed by atoms with Gasteiger partial charge in [0.15, 0.2) is 0 Å². The first-order chi connectivity index (χ1) is 9.02. The molecule has 1 heteroatoms. The summed E-state index contributed by atoms with van der Waals surface area (Å²) >= 11 is 0. The number of hydrogen-bond donors (Lipinski definition) is 0. The Morgan fingerprint density at radius 2 is 1.35 bits per heavy atom. The van der Waals surface area contributed by atoms with Gasteiger partial charge in [-0.25, -0.2) is 0 Å². The molecule has 1 aliphatic rings. The summed E-state index contributed by atoms with van der Waals surface area (Å²) in [6.45, 7) is 13.8. The Morgan fingerprint density at radius 1 is 0.850 bits per heavy atom. The standard InChI is InChI=1S/C19H27S/c1-18(2,3)15-12-16(19(4,5)6)14-17(13-15)20(7)10-8-9-11-20/h8-10,12-14H,1-7H3. The molecule has 0 bridgehead atoms. The molecule has 0 amide bonds. The van der Waals surface area contributed by atoms with Crippen LogP contribution in [0.4, 0.5) is 0 Å². The second kappa shape index (κ2) is 4.80. The van der Waals surface area contributed by atoms with Gasteiger partial charge in [0.05, 0.1) is 0 Å². The van der Waals surface area contributed by atoms with Crippen LogP contribution in [0.15, 0.2) is 40.7 Å². The summed E-state index contributed by atoms with van der Waals surface area (Å²) in [4.78, 5) is 1.43. The molecular formula is C19H27S. The van der Waals surface area contributed by atoms with Gasteiger partial charge in [0.1, 0.15) is 0 Å². The minimum Gasteiger partial charge on any atom is -0.169 e. The maximum absolute atomic E-state index is 3.55. The van der Waals surface area contributed by atoms with Crippen molar-refractivity contribution in [2.75, 3.05) is 6.26 Å². The zero-order valence-corrected chi connectivity index (χ0v) is 14.7. The van der Waals surface area contributed by atoms with Crippen molar-refractivity contribution in [3.63, 3.8) is 0 Å². The van der Waals surface area contributed by atoms with Crippen LogP contribution in [0, 0.1) is 5.41 Å².